The maximum absolute atomic E-state index is 12.9. The highest BCUT2D eigenvalue weighted by Gasteiger charge is 2.22. The smallest absolute Gasteiger partial charge is 0.321 e. The Bertz CT molecular complexity index is 1030. The maximum atomic E-state index is 12.9. The minimum Gasteiger partial charge on any atom is -0.496 e. The van der Waals surface area contributed by atoms with Gasteiger partial charge in [0, 0.05) is 63.5 Å². The molecule has 0 spiro atoms. The zero-order chi connectivity index (χ0) is 27.2. The Labute approximate surface area is 227 Å². The molecule has 0 aromatic heterocycles. The second-order valence-corrected chi connectivity index (χ2v) is 9.30. The molecule has 2 aromatic carbocycles. The minimum absolute atomic E-state index is 0.0911. The molecule has 0 radical (unpaired) electrons. The summed E-state index contributed by atoms with van der Waals surface area (Å²) in [6.07, 6.45) is 6.51. The van der Waals surface area contributed by atoms with Crippen molar-refractivity contribution in [1.29, 1.82) is 0 Å². The number of para-hydroxylation sites is 1. The number of rotatable bonds is 13. The third-order valence-electron chi connectivity index (χ3n) is 6.62. The van der Waals surface area contributed by atoms with Gasteiger partial charge < -0.3 is 24.6 Å². The van der Waals surface area contributed by atoms with Crippen LogP contribution in [0.15, 0.2) is 54.6 Å². The number of methoxy groups -OCH3 is 1. The van der Waals surface area contributed by atoms with E-state index < -0.39 is 0 Å². The van der Waals surface area contributed by atoms with Crippen molar-refractivity contribution in [3.8, 4) is 11.5 Å². The average molecular weight is 523 g/mol. The van der Waals surface area contributed by atoms with Gasteiger partial charge in [-0.25, -0.2) is 4.79 Å². The molecule has 0 saturated carbocycles. The van der Waals surface area contributed by atoms with Crippen LogP contribution in [0, 0.1) is 0 Å². The van der Waals surface area contributed by atoms with Crippen molar-refractivity contribution >= 4 is 23.7 Å². The van der Waals surface area contributed by atoms with Gasteiger partial charge in [0.15, 0.2) is 0 Å². The molecule has 0 aliphatic carbocycles. The lowest BCUT2D eigenvalue weighted by Gasteiger charge is -2.35. The van der Waals surface area contributed by atoms with Crippen LogP contribution in [0.2, 0.25) is 0 Å². The number of unbranched alkanes of at least 4 members (excludes halogenated alkanes) is 1. The fourth-order valence-corrected chi connectivity index (χ4v) is 4.36. The SMILES string of the molecule is CCCCC(=O)N(C/C=C/c1ccccc1OC)CCN1CCN(C(=O)Nc2ccc(OCC)cc2)CC1. The van der Waals surface area contributed by atoms with E-state index in [0.717, 1.165) is 55.2 Å². The Kier molecular flexibility index (Phi) is 12.0. The first kappa shape index (κ1) is 29.0. The fraction of sp³-hybridized carbons (Fsp3) is 0.467. The number of hydrogen-bond donors (Lipinski definition) is 1. The van der Waals surface area contributed by atoms with E-state index in [0.29, 0.717) is 39.2 Å². The molecule has 2 aromatic rings. The Morgan fingerprint density at radius 1 is 1.03 bits per heavy atom. The third-order valence-corrected chi connectivity index (χ3v) is 6.62. The lowest BCUT2D eigenvalue weighted by atomic mass is 10.2. The van der Waals surface area contributed by atoms with Crippen molar-refractivity contribution in [3.63, 3.8) is 0 Å². The number of urea groups is 1. The molecule has 8 heteroatoms. The zero-order valence-electron chi connectivity index (χ0n) is 23.0. The lowest BCUT2D eigenvalue weighted by Crippen LogP contribution is -2.51. The molecule has 1 saturated heterocycles. The highest BCUT2D eigenvalue weighted by molar-refractivity contribution is 5.89. The van der Waals surface area contributed by atoms with E-state index in [1.165, 1.54) is 0 Å². The van der Waals surface area contributed by atoms with Crippen LogP contribution >= 0.6 is 0 Å². The van der Waals surface area contributed by atoms with E-state index in [2.05, 4.69) is 17.1 Å². The summed E-state index contributed by atoms with van der Waals surface area (Å²) < 4.78 is 10.9. The largest absolute Gasteiger partial charge is 0.496 e. The first-order valence-electron chi connectivity index (χ1n) is 13.6. The van der Waals surface area contributed by atoms with Crippen molar-refractivity contribution in [2.45, 2.75) is 33.1 Å². The summed E-state index contributed by atoms with van der Waals surface area (Å²) in [6.45, 7) is 9.54. The van der Waals surface area contributed by atoms with Crippen LogP contribution in [-0.4, -0.2) is 86.2 Å². The van der Waals surface area contributed by atoms with Crippen molar-refractivity contribution in [2.75, 3.05) is 64.8 Å². The Hall–Kier alpha value is -3.52. The number of nitrogens with one attached hydrogen (secondary N) is 1. The predicted molar refractivity (Wildman–Crippen MR) is 153 cm³/mol. The second kappa shape index (κ2) is 15.7. The van der Waals surface area contributed by atoms with Crippen LogP contribution in [0.1, 0.15) is 38.7 Å². The molecule has 1 aliphatic heterocycles. The van der Waals surface area contributed by atoms with Gasteiger partial charge >= 0.3 is 6.03 Å². The molecule has 206 valence electrons. The number of ether oxygens (including phenoxy) is 2. The minimum atomic E-state index is -0.0911. The maximum Gasteiger partial charge on any atom is 0.321 e. The molecular formula is C30H42N4O4. The number of nitrogens with zero attached hydrogens (tertiary/aromatic N) is 3. The molecule has 8 nitrogen and oxygen atoms in total. The van der Waals surface area contributed by atoms with E-state index in [1.807, 2.05) is 77.4 Å². The van der Waals surface area contributed by atoms with Crippen molar-refractivity contribution in [2.24, 2.45) is 0 Å². The lowest BCUT2D eigenvalue weighted by molar-refractivity contribution is -0.131. The van der Waals surface area contributed by atoms with Gasteiger partial charge in [0.05, 0.1) is 13.7 Å². The van der Waals surface area contributed by atoms with Gasteiger partial charge in [0.1, 0.15) is 11.5 Å². The summed E-state index contributed by atoms with van der Waals surface area (Å²) in [5.41, 5.74) is 1.75. The molecule has 1 N–H and O–H groups in total. The normalized spacial score (nSPS) is 13.9. The number of anilines is 1. The van der Waals surface area contributed by atoms with Crippen LogP contribution in [-0.2, 0) is 4.79 Å². The number of carbonyl (C=O) groups excluding carboxylic acids is 2. The monoisotopic (exact) mass is 522 g/mol. The van der Waals surface area contributed by atoms with Gasteiger partial charge in [0.25, 0.3) is 0 Å². The number of carbonyl (C=O) groups is 2. The molecule has 0 atom stereocenters. The van der Waals surface area contributed by atoms with Gasteiger partial charge in [0.2, 0.25) is 5.91 Å². The fourth-order valence-electron chi connectivity index (χ4n) is 4.36. The summed E-state index contributed by atoms with van der Waals surface area (Å²) in [6, 6.07) is 15.2. The van der Waals surface area contributed by atoms with E-state index in [1.54, 1.807) is 7.11 Å². The number of hydrogen-bond acceptors (Lipinski definition) is 5. The second-order valence-electron chi connectivity index (χ2n) is 9.30. The van der Waals surface area contributed by atoms with E-state index in [4.69, 9.17) is 9.47 Å². The third kappa shape index (κ3) is 9.10. The topological polar surface area (TPSA) is 74.4 Å². The highest BCUT2D eigenvalue weighted by atomic mass is 16.5. The molecule has 0 bridgehead atoms. The van der Waals surface area contributed by atoms with Crippen molar-refractivity contribution < 1.29 is 19.1 Å². The number of piperazine rings is 1. The van der Waals surface area contributed by atoms with Gasteiger partial charge in [-0.15, -0.1) is 0 Å². The number of benzene rings is 2. The molecule has 1 fully saturated rings. The predicted octanol–water partition coefficient (Wildman–Crippen LogP) is 4.98. The van der Waals surface area contributed by atoms with Crippen LogP contribution < -0.4 is 14.8 Å². The quantitative estimate of drug-likeness (QED) is 0.402. The van der Waals surface area contributed by atoms with E-state index >= 15 is 0 Å². The Balaban J connectivity index is 1.48. The summed E-state index contributed by atoms with van der Waals surface area (Å²) in [4.78, 5) is 31.7. The number of amides is 3. The van der Waals surface area contributed by atoms with Crippen molar-refractivity contribution in [3.05, 3.63) is 60.2 Å². The van der Waals surface area contributed by atoms with Gasteiger partial charge in [-0.2, -0.15) is 0 Å². The van der Waals surface area contributed by atoms with E-state index in [-0.39, 0.29) is 11.9 Å². The summed E-state index contributed by atoms with van der Waals surface area (Å²) >= 11 is 0. The molecule has 3 rings (SSSR count). The van der Waals surface area contributed by atoms with Gasteiger partial charge in [-0.05, 0) is 43.7 Å². The average Bonchev–Trinajstić information content (AvgIpc) is 2.95. The van der Waals surface area contributed by atoms with E-state index in [9.17, 15) is 9.59 Å². The summed E-state index contributed by atoms with van der Waals surface area (Å²) in [5.74, 6) is 1.79. The van der Waals surface area contributed by atoms with Gasteiger partial charge in [-0.1, -0.05) is 43.7 Å². The first-order valence-corrected chi connectivity index (χ1v) is 13.6. The van der Waals surface area contributed by atoms with Crippen LogP contribution in [0.25, 0.3) is 6.08 Å². The van der Waals surface area contributed by atoms with Crippen LogP contribution in [0.3, 0.4) is 0 Å². The Morgan fingerprint density at radius 2 is 1.76 bits per heavy atom. The molecule has 38 heavy (non-hydrogen) atoms. The first-order chi connectivity index (χ1) is 18.5. The zero-order valence-corrected chi connectivity index (χ0v) is 23.0. The van der Waals surface area contributed by atoms with Crippen LogP contribution in [0.4, 0.5) is 10.5 Å². The Morgan fingerprint density at radius 3 is 2.45 bits per heavy atom. The molecule has 0 unspecified atom stereocenters. The van der Waals surface area contributed by atoms with Crippen molar-refractivity contribution in [1.82, 2.24) is 14.7 Å². The molecule has 1 heterocycles. The molecular weight excluding hydrogens is 480 g/mol. The highest BCUT2D eigenvalue weighted by Crippen LogP contribution is 2.19. The standard InChI is InChI=1S/C30H42N4O4/c1-4-6-13-29(35)33(18-9-11-25-10-7-8-12-28(25)37-3)22-19-32-20-23-34(24-21-32)30(36)31-26-14-16-27(17-15-26)38-5-2/h7-12,14-17H,4-6,13,18-24H2,1-3H3,(H,31,36)/b11-9+. The molecule has 3 amide bonds. The molecule has 1 aliphatic rings. The summed E-state index contributed by atoms with van der Waals surface area (Å²) in [7, 11) is 1.66. The van der Waals surface area contributed by atoms with Gasteiger partial charge in [-0.3, -0.25) is 9.69 Å². The van der Waals surface area contributed by atoms with Crippen LogP contribution in [0.5, 0.6) is 11.5 Å². The summed E-state index contributed by atoms with van der Waals surface area (Å²) in [5, 5.41) is 2.97.